The maximum Gasteiger partial charge on any atom is 0.257 e. The normalized spacial score (nSPS) is 10.4. The first-order chi connectivity index (χ1) is 8.58. The second-order valence-corrected chi connectivity index (χ2v) is 4.21. The smallest absolute Gasteiger partial charge is 0.257 e. The fourth-order valence-electron chi connectivity index (χ4n) is 1.31. The second kappa shape index (κ2) is 5.28. The van der Waals surface area contributed by atoms with Gasteiger partial charge in [0, 0.05) is 7.05 Å². The van der Waals surface area contributed by atoms with E-state index in [-0.39, 0.29) is 28.3 Å². The number of aromatic amines is 1. The molecule has 0 saturated heterocycles. The summed E-state index contributed by atoms with van der Waals surface area (Å²) in [6.45, 7) is 0.273. The Hall–Kier alpha value is -1.73. The molecule has 1 amide bonds. The first-order valence-electron chi connectivity index (χ1n) is 4.86. The van der Waals surface area contributed by atoms with Crippen molar-refractivity contribution in [1.82, 2.24) is 30.3 Å². The molecule has 0 spiro atoms. The van der Waals surface area contributed by atoms with E-state index in [1.54, 1.807) is 7.05 Å². The summed E-state index contributed by atoms with van der Waals surface area (Å²) in [6, 6.07) is 1.37. The van der Waals surface area contributed by atoms with Crippen LogP contribution in [0.25, 0.3) is 0 Å². The lowest BCUT2D eigenvalue weighted by molar-refractivity contribution is 0.0781. The summed E-state index contributed by atoms with van der Waals surface area (Å²) in [5.74, 6) is 0.239. The molecule has 18 heavy (non-hydrogen) atoms. The molecule has 2 rings (SSSR count). The summed E-state index contributed by atoms with van der Waals surface area (Å²) in [4.78, 5) is 17.4. The molecule has 1 N–H and O–H groups in total. The number of amides is 1. The SMILES string of the molecule is CN(Cc1ncn[nH]1)C(=O)c1cc(Cl)nnc1Cl. The van der Waals surface area contributed by atoms with Crippen LogP contribution in [0.5, 0.6) is 0 Å². The Morgan fingerprint density at radius 3 is 2.89 bits per heavy atom. The van der Waals surface area contributed by atoms with Crippen LogP contribution in [-0.2, 0) is 6.54 Å². The van der Waals surface area contributed by atoms with Crippen LogP contribution in [0, 0.1) is 0 Å². The maximum atomic E-state index is 12.1. The van der Waals surface area contributed by atoms with E-state index in [2.05, 4.69) is 25.4 Å². The Kier molecular flexibility index (Phi) is 3.73. The minimum Gasteiger partial charge on any atom is -0.334 e. The molecule has 0 aliphatic rings. The summed E-state index contributed by atoms with van der Waals surface area (Å²) < 4.78 is 0. The Morgan fingerprint density at radius 2 is 2.22 bits per heavy atom. The average Bonchev–Trinajstić information content (AvgIpc) is 2.84. The van der Waals surface area contributed by atoms with Crippen LogP contribution < -0.4 is 0 Å². The number of aromatic nitrogens is 5. The lowest BCUT2D eigenvalue weighted by Crippen LogP contribution is -2.27. The van der Waals surface area contributed by atoms with Gasteiger partial charge in [-0.15, -0.1) is 10.2 Å². The predicted octanol–water partition coefficient (Wildman–Crippen LogP) is 1.17. The molecule has 0 unspecified atom stereocenters. The van der Waals surface area contributed by atoms with E-state index in [0.29, 0.717) is 5.82 Å². The molecule has 0 aliphatic heterocycles. The number of hydrogen-bond acceptors (Lipinski definition) is 5. The van der Waals surface area contributed by atoms with Crippen molar-refractivity contribution in [1.29, 1.82) is 0 Å². The fourth-order valence-corrected chi connectivity index (χ4v) is 1.63. The molecule has 0 radical (unpaired) electrons. The zero-order valence-electron chi connectivity index (χ0n) is 9.26. The van der Waals surface area contributed by atoms with Crippen LogP contribution in [-0.4, -0.2) is 43.2 Å². The zero-order valence-corrected chi connectivity index (χ0v) is 10.8. The molecule has 0 atom stereocenters. The van der Waals surface area contributed by atoms with Gasteiger partial charge < -0.3 is 4.90 Å². The molecular formula is C9H8Cl2N6O. The van der Waals surface area contributed by atoms with Crippen LogP contribution in [0.3, 0.4) is 0 Å². The number of rotatable bonds is 3. The van der Waals surface area contributed by atoms with Gasteiger partial charge in [-0.1, -0.05) is 23.2 Å². The third-order valence-corrected chi connectivity index (χ3v) is 2.61. The Balaban J connectivity index is 2.17. The zero-order chi connectivity index (χ0) is 13.1. The van der Waals surface area contributed by atoms with E-state index in [0.717, 1.165) is 0 Å². The quantitative estimate of drug-likeness (QED) is 0.915. The molecule has 2 aromatic rings. The molecule has 7 nitrogen and oxygen atoms in total. The van der Waals surface area contributed by atoms with Gasteiger partial charge in [0.1, 0.15) is 12.2 Å². The number of nitrogens with zero attached hydrogens (tertiary/aromatic N) is 5. The highest BCUT2D eigenvalue weighted by Crippen LogP contribution is 2.17. The van der Waals surface area contributed by atoms with Crippen LogP contribution in [0.4, 0.5) is 0 Å². The van der Waals surface area contributed by atoms with Crippen molar-refractivity contribution in [2.24, 2.45) is 0 Å². The van der Waals surface area contributed by atoms with E-state index in [9.17, 15) is 4.79 Å². The molecular weight excluding hydrogens is 279 g/mol. The van der Waals surface area contributed by atoms with Crippen molar-refractivity contribution in [2.75, 3.05) is 7.05 Å². The van der Waals surface area contributed by atoms with Gasteiger partial charge in [-0.05, 0) is 6.07 Å². The van der Waals surface area contributed by atoms with Gasteiger partial charge in [0.05, 0.1) is 12.1 Å². The number of carbonyl (C=O) groups excluding carboxylic acids is 1. The highest BCUT2D eigenvalue weighted by molar-refractivity contribution is 6.34. The molecule has 0 bridgehead atoms. The van der Waals surface area contributed by atoms with Gasteiger partial charge in [0.25, 0.3) is 5.91 Å². The molecule has 0 fully saturated rings. The monoisotopic (exact) mass is 286 g/mol. The van der Waals surface area contributed by atoms with Gasteiger partial charge in [-0.25, -0.2) is 4.98 Å². The fraction of sp³-hybridized carbons (Fsp3) is 0.222. The minimum atomic E-state index is -0.326. The number of nitrogens with one attached hydrogen (secondary N) is 1. The van der Waals surface area contributed by atoms with E-state index >= 15 is 0 Å². The lowest BCUT2D eigenvalue weighted by atomic mass is 10.2. The summed E-state index contributed by atoms with van der Waals surface area (Å²) in [5.41, 5.74) is 0.193. The number of H-pyrrole nitrogens is 1. The van der Waals surface area contributed by atoms with Crippen molar-refractivity contribution in [3.63, 3.8) is 0 Å². The topological polar surface area (TPSA) is 87.7 Å². The number of halogens is 2. The molecule has 9 heteroatoms. The van der Waals surface area contributed by atoms with Gasteiger partial charge >= 0.3 is 0 Å². The van der Waals surface area contributed by atoms with E-state index in [1.807, 2.05) is 0 Å². The molecule has 94 valence electrons. The Morgan fingerprint density at radius 1 is 1.44 bits per heavy atom. The van der Waals surface area contributed by atoms with Crippen molar-refractivity contribution < 1.29 is 4.79 Å². The van der Waals surface area contributed by atoms with Gasteiger partial charge in [0.2, 0.25) is 0 Å². The van der Waals surface area contributed by atoms with Crippen LogP contribution in [0.1, 0.15) is 16.2 Å². The Labute approximate surface area is 112 Å². The molecule has 0 aromatic carbocycles. The van der Waals surface area contributed by atoms with Crippen molar-refractivity contribution in [2.45, 2.75) is 6.54 Å². The van der Waals surface area contributed by atoms with Gasteiger partial charge in [-0.3, -0.25) is 9.89 Å². The minimum absolute atomic E-state index is 0.00817. The molecule has 2 heterocycles. The lowest BCUT2D eigenvalue weighted by Gasteiger charge is -2.15. The summed E-state index contributed by atoms with van der Waals surface area (Å²) >= 11 is 11.5. The third kappa shape index (κ3) is 2.74. The number of carbonyl (C=O) groups is 1. The summed E-state index contributed by atoms with van der Waals surface area (Å²) in [7, 11) is 1.61. The second-order valence-electron chi connectivity index (χ2n) is 3.46. The predicted molar refractivity (Wildman–Crippen MR) is 64.2 cm³/mol. The molecule has 0 saturated carbocycles. The first kappa shape index (κ1) is 12.7. The summed E-state index contributed by atoms with van der Waals surface area (Å²) in [6.07, 6.45) is 1.37. The van der Waals surface area contributed by atoms with Gasteiger partial charge in [-0.2, -0.15) is 5.10 Å². The number of hydrogen-bond donors (Lipinski definition) is 1. The molecule has 0 aliphatic carbocycles. The summed E-state index contributed by atoms with van der Waals surface area (Å²) in [5, 5.41) is 13.6. The average molecular weight is 287 g/mol. The largest absolute Gasteiger partial charge is 0.334 e. The van der Waals surface area contributed by atoms with E-state index in [4.69, 9.17) is 23.2 Å². The molecule has 2 aromatic heterocycles. The van der Waals surface area contributed by atoms with Gasteiger partial charge in [0.15, 0.2) is 10.3 Å². The van der Waals surface area contributed by atoms with Crippen LogP contribution in [0.15, 0.2) is 12.4 Å². The Bertz CT molecular complexity index is 558. The third-order valence-electron chi connectivity index (χ3n) is 2.15. The maximum absolute atomic E-state index is 12.1. The van der Waals surface area contributed by atoms with E-state index < -0.39 is 0 Å². The van der Waals surface area contributed by atoms with E-state index in [1.165, 1.54) is 17.3 Å². The first-order valence-corrected chi connectivity index (χ1v) is 5.62. The van der Waals surface area contributed by atoms with Crippen molar-refractivity contribution in [3.8, 4) is 0 Å². The highest BCUT2D eigenvalue weighted by Gasteiger charge is 2.18. The van der Waals surface area contributed by atoms with Crippen molar-refractivity contribution in [3.05, 3.63) is 34.1 Å². The highest BCUT2D eigenvalue weighted by atomic mass is 35.5. The van der Waals surface area contributed by atoms with Crippen LogP contribution in [0.2, 0.25) is 10.3 Å². The standard InChI is InChI=1S/C9H8Cl2N6O/c1-17(3-7-12-4-13-15-7)9(18)5-2-6(10)14-16-8(5)11/h2,4H,3H2,1H3,(H,12,13,15). The van der Waals surface area contributed by atoms with Crippen molar-refractivity contribution >= 4 is 29.1 Å². The van der Waals surface area contributed by atoms with Crippen LogP contribution >= 0.6 is 23.2 Å².